The van der Waals surface area contributed by atoms with Crippen molar-refractivity contribution in [3.05, 3.63) is 54.5 Å². The van der Waals surface area contributed by atoms with Crippen molar-refractivity contribution in [1.29, 1.82) is 0 Å². The van der Waals surface area contributed by atoms with Gasteiger partial charge in [-0.25, -0.2) is 4.98 Å². The fourth-order valence-electron chi connectivity index (χ4n) is 3.37. The quantitative estimate of drug-likeness (QED) is 0.669. The van der Waals surface area contributed by atoms with Crippen LogP contribution in [0.2, 0.25) is 0 Å². The van der Waals surface area contributed by atoms with Crippen molar-refractivity contribution in [3.8, 4) is 5.75 Å². The van der Waals surface area contributed by atoms with Gasteiger partial charge in [0.25, 0.3) is 0 Å². The molecule has 1 aliphatic heterocycles. The standard InChI is InChI=1S/C21H25N7O2/c1-16-14-19(24-17-4-6-18(30-2)7-5-17)25-21(23-16)27-12-10-26(11-13-27)20(29)15-28-9-3-8-22-28/h3-9,14H,10-13,15H2,1-2H3,(H,23,24,25). The Hall–Kier alpha value is -3.62. The van der Waals surface area contributed by atoms with Crippen molar-refractivity contribution in [1.82, 2.24) is 24.6 Å². The summed E-state index contributed by atoms with van der Waals surface area (Å²) in [7, 11) is 1.65. The van der Waals surface area contributed by atoms with Crippen LogP contribution in [0.5, 0.6) is 5.75 Å². The number of carbonyl (C=O) groups is 1. The van der Waals surface area contributed by atoms with E-state index in [1.165, 1.54) is 0 Å². The molecule has 1 amide bonds. The molecule has 1 aromatic carbocycles. The van der Waals surface area contributed by atoms with E-state index >= 15 is 0 Å². The minimum Gasteiger partial charge on any atom is -0.497 e. The molecule has 0 aliphatic carbocycles. The smallest absolute Gasteiger partial charge is 0.244 e. The maximum absolute atomic E-state index is 12.5. The van der Waals surface area contributed by atoms with Gasteiger partial charge in [-0.15, -0.1) is 0 Å². The predicted octanol–water partition coefficient (Wildman–Crippen LogP) is 2.08. The first-order valence-electron chi connectivity index (χ1n) is 9.87. The molecular weight excluding hydrogens is 382 g/mol. The van der Waals surface area contributed by atoms with Crippen molar-refractivity contribution in [2.24, 2.45) is 0 Å². The minimum absolute atomic E-state index is 0.0744. The number of anilines is 3. The van der Waals surface area contributed by atoms with Crippen LogP contribution < -0.4 is 15.0 Å². The Morgan fingerprint density at radius 1 is 1.13 bits per heavy atom. The number of ether oxygens (including phenoxy) is 1. The first-order valence-corrected chi connectivity index (χ1v) is 9.87. The van der Waals surface area contributed by atoms with E-state index in [0.29, 0.717) is 32.1 Å². The lowest BCUT2D eigenvalue weighted by Gasteiger charge is -2.35. The first kappa shape index (κ1) is 19.7. The number of carbonyl (C=O) groups excluding carboxylic acids is 1. The van der Waals surface area contributed by atoms with Gasteiger partial charge in [0.1, 0.15) is 18.1 Å². The number of rotatable bonds is 6. The van der Waals surface area contributed by atoms with Gasteiger partial charge in [0.15, 0.2) is 0 Å². The molecule has 9 heteroatoms. The van der Waals surface area contributed by atoms with Gasteiger partial charge in [0, 0.05) is 56.0 Å². The van der Waals surface area contributed by atoms with Gasteiger partial charge in [-0.2, -0.15) is 10.1 Å². The van der Waals surface area contributed by atoms with E-state index in [2.05, 4.69) is 25.3 Å². The average Bonchev–Trinajstić information content (AvgIpc) is 3.27. The Morgan fingerprint density at radius 3 is 2.57 bits per heavy atom. The second-order valence-electron chi connectivity index (χ2n) is 7.12. The highest BCUT2D eigenvalue weighted by atomic mass is 16.5. The van der Waals surface area contributed by atoms with Gasteiger partial charge < -0.3 is 19.9 Å². The highest BCUT2D eigenvalue weighted by Crippen LogP contribution is 2.21. The first-order chi connectivity index (χ1) is 14.6. The van der Waals surface area contributed by atoms with Crippen molar-refractivity contribution in [3.63, 3.8) is 0 Å². The van der Waals surface area contributed by atoms with Gasteiger partial charge in [-0.1, -0.05) is 0 Å². The lowest BCUT2D eigenvalue weighted by atomic mass is 10.3. The fraction of sp³-hybridized carbons (Fsp3) is 0.333. The third kappa shape index (κ3) is 4.68. The molecule has 4 rings (SSSR count). The van der Waals surface area contributed by atoms with Crippen LogP contribution in [0.25, 0.3) is 0 Å². The van der Waals surface area contributed by atoms with E-state index in [1.54, 1.807) is 24.2 Å². The van der Waals surface area contributed by atoms with Gasteiger partial charge in [0.05, 0.1) is 7.11 Å². The summed E-state index contributed by atoms with van der Waals surface area (Å²) >= 11 is 0. The van der Waals surface area contributed by atoms with Crippen LogP contribution >= 0.6 is 0 Å². The predicted molar refractivity (Wildman–Crippen MR) is 114 cm³/mol. The van der Waals surface area contributed by atoms with Crippen molar-refractivity contribution in [2.75, 3.05) is 43.5 Å². The molecule has 1 aliphatic rings. The maximum Gasteiger partial charge on any atom is 0.244 e. The van der Waals surface area contributed by atoms with Gasteiger partial charge in [0.2, 0.25) is 11.9 Å². The number of amides is 1. The number of nitrogens with one attached hydrogen (secondary N) is 1. The number of aryl methyl sites for hydroxylation is 1. The second-order valence-corrected chi connectivity index (χ2v) is 7.12. The van der Waals surface area contributed by atoms with Crippen LogP contribution in [-0.4, -0.2) is 63.8 Å². The van der Waals surface area contributed by atoms with Crippen LogP contribution in [0.4, 0.5) is 17.5 Å². The molecule has 0 bridgehead atoms. The summed E-state index contributed by atoms with van der Waals surface area (Å²) in [6.45, 7) is 4.88. The molecule has 0 radical (unpaired) electrons. The van der Waals surface area contributed by atoms with E-state index in [1.807, 2.05) is 48.2 Å². The van der Waals surface area contributed by atoms with E-state index in [-0.39, 0.29) is 12.5 Å². The highest BCUT2D eigenvalue weighted by molar-refractivity contribution is 5.76. The minimum atomic E-state index is 0.0744. The zero-order valence-electron chi connectivity index (χ0n) is 17.2. The molecule has 0 unspecified atom stereocenters. The molecule has 0 saturated carbocycles. The van der Waals surface area contributed by atoms with E-state index in [0.717, 1.165) is 22.9 Å². The Balaban J connectivity index is 1.39. The number of aromatic nitrogens is 4. The number of hydrogen-bond acceptors (Lipinski definition) is 7. The molecular formula is C21H25N7O2. The lowest BCUT2D eigenvalue weighted by molar-refractivity contribution is -0.132. The Labute approximate surface area is 175 Å². The van der Waals surface area contributed by atoms with Crippen molar-refractivity contribution in [2.45, 2.75) is 13.5 Å². The van der Waals surface area contributed by atoms with E-state index in [9.17, 15) is 4.79 Å². The summed E-state index contributed by atoms with van der Waals surface area (Å²) in [4.78, 5) is 25.7. The molecule has 1 N–H and O–H groups in total. The number of methoxy groups -OCH3 is 1. The van der Waals surface area contributed by atoms with Crippen LogP contribution in [0.1, 0.15) is 5.69 Å². The van der Waals surface area contributed by atoms with Crippen molar-refractivity contribution < 1.29 is 9.53 Å². The summed E-state index contributed by atoms with van der Waals surface area (Å²) in [6.07, 6.45) is 3.48. The zero-order valence-corrected chi connectivity index (χ0v) is 17.2. The largest absolute Gasteiger partial charge is 0.497 e. The molecule has 2 aromatic heterocycles. The van der Waals surface area contributed by atoms with Crippen LogP contribution in [-0.2, 0) is 11.3 Å². The number of benzene rings is 1. The molecule has 3 aromatic rings. The molecule has 30 heavy (non-hydrogen) atoms. The van der Waals surface area contributed by atoms with E-state index in [4.69, 9.17) is 4.74 Å². The van der Waals surface area contributed by atoms with Gasteiger partial charge in [-0.05, 0) is 37.3 Å². The van der Waals surface area contributed by atoms with Crippen LogP contribution in [0, 0.1) is 6.92 Å². The SMILES string of the molecule is COc1ccc(Nc2cc(C)nc(N3CCN(C(=O)Cn4cccn4)CC3)n2)cc1. The lowest BCUT2D eigenvalue weighted by Crippen LogP contribution is -2.50. The highest BCUT2D eigenvalue weighted by Gasteiger charge is 2.23. The summed E-state index contributed by atoms with van der Waals surface area (Å²) < 4.78 is 6.85. The number of nitrogens with zero attached hydrogens (tertiary/aromatic N) is 6. The fourth-order valence-corrected chi connectivity index (χ4v) is 3.37. The monoisotopic (exact) mass is 407 g/mol. The van der Waals surface area contributed by atoms with E-state index < -0.39 is 0 Å². The van der Waals surface area contributed by atoms with Crippen LogP contribution in [0.3, 0.4) is 0 Å². The summed E-state index contributed by atoms with van der Waals surface area (Å²) in [5, 5.41) is 7.42. The average molecular weight is 407 g/mol. The Kier molecular flexibility index (Phi) is 5.78. The molecule has 3 heterocycles. The molecule has 0 spiro atoms. The molecule has 156 valence electrons. The van der Waals surface area contributed by atoms with Gasteiger partial charge >= 0.3 is 0 Å². The Morgan fingerprint density at radius 2 is 1.90 bits per heavy atom. The maximum atomic E-state index is 12.5. The topological polar surface area (TPSA) is 88.4 Å². The third-order valence-corrected chi connectivity index (χ3v) is 4.98. The molecule has 0 atom stereocenters. The Bertz CT molecular complexity index is 981. The van der Waals surface area contributed by atoms with Crippen molar-refractivity contribution >= 4 is 23.4 Å². The number of piperazine rings is 1. The number of hydrogen-bond donors (Lipinski definition) is 1. The summed E-state index contributed by atoms with van der Waals surface area (Å²) in [5.41, 5.74) is 1.81. The van der Waals surface area contributed by atoms with Crippen LogP contribution in [0.15, 0.2) is 48.8 Å². The zero-order chi connectivity index (χ0) is 20.9. The second kappa shape index (κ2) is 8.81. The molecule has 1 fully saturated rings. The normalized spacial score (nSPS) is 13.9. The molecule has 1 saturated heterocycles. The molecule has 9 nitrogen and oxygen atoms in total. The van der Waals surface area contributed by atoms with Gasteiger partial charge in [-0.3, -0.25) is 9.48 Å². The summed E-state index contributed by atoms with van der Waals surface area (Å²) in [6, 6.07) is 11.4. The summed E-state index contributed by atoms with van der Waals surface area (Å²) in [5.74, 6) is 2.29. The third-order valence-electron chi connectivity index (χ3n) is 4.98.